The Morgan fingerprint density at radius 2 is 1.61 bits per heavy atom. The Morgan fingerprint density at radius 3 is 2.22 bits per heavy atom. The summed E-state index contributed by atoms with van der Waals surface area (Å²) >= 11 is 0. The van der Waals surface area contributed by atoms with Gasteiger partial charge < -0.3 is 4.90 Å². The minimum Gasteiger partial charge on any atom is -0.300 e. The number of hydrogen-bond donors (Lipinski definition) is 0. The van der Waals surface area contributed by atoms with Gasteiger partial charge in [-0.3, -0.25) is 0 Å². The van der Waals surface area contributed by atoms with Gasteiger partial charge in [-0.25, -0.2) is 0 Å². The third kappa shape index (κ3) is 4.91. The molecule has 0 N–H and O–H groups in total. The largest absolute Gasteiger partial charge is 0.300 e. The summed E-state index contributed by atoms with van der Waals surface area (Å²) in [6.45, 7) is 7.47. The van der Waals surface area contributed by atoms with Gasteiger partial charge in [-0.05, 0) is 63.5 Å². The van der Waals surface area contributed by atoms with Gasteiger partial charge in [-0.2, -0.15) is 0 Å². The van der Waals surface area contributed by atoms with Crippen molar-refractivity contribution in [2.24, 2.45) is 11.8 Å². The van der Waals surface area contributed by atoms with Crippen LogP contribution in [0.4, 0.5) is 0 Å². The van der Waals surface area contributed by atoms with Gasteiger partial charge in [0.2, 0.25) is 0 Å². The first-order valence-corrected chi connectivity index (χ1v) is 8.53. The molecule has 1 heteroatoms. The second kappa shape index (κ2) is 7.53. The third-order valence-corrected chi connectivity index (χ3v) is 5.02. The van der Waals surface area contributed by atoms with E-state index in [4.69, 9.17) is 0 Å². The minimum absolute atomic E-state index is 0.919. The molecule has 0 bridgehead atoms. The van der Waals surface area contributed by atoms with Gasteiger partial charge in [0, 0.05) is 6.04 Å². The normalized spacial score (nSPS) is 28.8. The Hall–Kier alpha value is -0.0400. The average molecular weight is 251 g/mol. The predicted octanol–water partition coefficient (Wildman–Crippen LogP) is 4.86. The fraction of sp³-hybridized carbons (Fsp3) is 1.00. The first-order valence-electron chi connectivity index (χ1n) is 8.53. The summed E-state index contributed by atoms with van der Waals surface area (Å²) in [4.78, 5) is 2.82. The van der Waals surface area contributed by atoms with Crippen molar-refractivity contribution in [2.45, 2.75) is 84.1 Å². The molecular weight excluding hydrogens is 218 g/mol. The Kier molecular flexibility index (Phi) is 6.01. The smallest absolute Gasteiger partial charge is 0.00954 e. The summed E-state index contributed by atoms with van der Waals surface area (Å²) in [5.41, 5.74) is 0. The molecule has 0 aromatic carbocycles. The molecule has 1 nitrogen and oxygen atoms in total. The molecule has 0 aliphatic heterocycles. The molecule has 0 spiro atoms. The van der Waals surface area contributed by atoms with Crippen LogP contribution < -0.4 is 0 Å². The summed E-state index contributed by atoms with van der Waals surface area (Å²) < 4.78 is 0. The van der Waals surface area contributed by atoms with E-state index in [2.05, 4.69) is 18.7 Å². The molecule has 0 heterocycles. The maximum atomic E-state index is 2.82. The second-order valence-corrected chi connectivity index (χ2v) is 6.89. The van der Waals surface area contributed by atoms with E-state index in [9.17, 15) is 0 Å². The van der Waals surface area contributed by atoms with Crippen molar-refractivity contribution in [3.63, 3.8) is 0 Å². The highest BCUT2D eigenvalue weighted by Crippen LogP contribution is 2.34. The van der Waals surface area contributed by atoms with E-state index in [1.165, 1.54) is 77.3 Å². The summed E-state index contributed by atoms with van der Waals surface area (Å²) in [5.74, 6) is 2.11. The fourth-order valence-corrected chi connectivity index (χ4v) is 3.53. The van der Waals surface area contributed by atoms with Crippen LogP contribution >= 0.6 is 0 Å². The van der Waals surface area contributed by atoms with Crippen LogP contribution in [-0.4, -0.2) is 24.0 Å². The average Bonchev–Trinajstić information content (AvgIpc) is 3.18. The maximum Gasteiger partial charge on any atom is 0.00954 e. The van der Waals surface area contributed by atoms with Crippen molar-refractivity contribution in [3.8, 4) is 0 Å². The lowest BCUT2D eigenvalue weighted by Crippen LogP contribution is -2.39. The third-order valence-electron chi connectivity index (χ3n) is 5.02. The first-order chi connectivity index (χ1) is 8.79. The highest BCUT2D eigenvalue weighted by atomic mass is 15.1. The standard InChI is InChI=1S/C17H33N/c1-3-13-18(14-5-4-6-16-9-10-16)17-11-7-15(2)8-12-17/h15-17H,3-14H2,1-2H3/t15-,17-. The van der Waals surface area contributed by atoms with Crippen molar-refractivity contribution in [2.75, 3.05) is 13.1 Å². The molecule has 0 amide bonds. The summed E-state index contributed by atoms with van der Waals surface area (Å²) in [6.07, 6.45) is 14.7. The van der Waals surface area contributed by atoms with E-state index in [0.717, 1.165) is 17.9 Å². The van der Waals surface area contributed by atoms with E-state index in [1.54, 1.807) is 0 Å². The molecule has 18 heavy (non-hydrogen) atoms. The van der Waals surface area contributed by atoms with Gasteiger partial charge in [-0.15, -0.1) is 0 Å². The quantitative estimate of drug-likeness (QED) is 0.557. The van der Waals surface area contributed by atoms with Crippen molar-refractivity contribution in [1.82, 2.24) is 4.90 Å². The molecule has 0 radical (unpaired) electrons. The van der Waals surface area contributed by atoms with Gasteiger partial charge in [0.1, 0.15) is 0 Å². The zero-order chi connectivity index (χ0) is 12.8. The summed E-state index contributed by atoms with van der Waals surface area (Å²) in [5, 5.41) is 0. The zero-order valence-electron chi connectivity index (χ0n) is 12.7. The van der Waals surface area contributed by atoms with E-state index < -0.39 is 0 Å². The minimum atomic E-state index is 0.919. The molecular formula is C17H33N. The second-order valence-electron chi connectivity index (χ2n) is 6.89. The van der Waals surface area contributed by atoms with Crippen LogP contribution in [0.15, 0.2) is 0 Å². The van der Waals surface area contributed by atoms with Crippen molar-refractivity contribution in [3.05, 3.63) is 0 Å². The zero-order valence-corrected chi connectivity index (χ0v) is 12.7. The van der Waals surface area contributed by atoms with Gasteiger partial charge in [0.05, 0.1) is 0 Å². The van der Waals surface area contributed by atoms with Crippen LogP contribution in [0.25, 0.3) is 0 Å². The molecule has 2 rings (SSSR count). The van der Waals surface area contributed by atoms with Gasteiger partial charge in [0.15, 0.2) is 0 Å². The first kappa shape index (κ1) is 14.4. The number of hydrogen-bond acceptors (Lipinski definition) is 1. The highest BCUT2D eigenvalue weighted by Gasteiger charge is 2.24. The molecule has 2 fully saturated rings. The molecule has 2 saturated carbocycles. The molecule has 2 aliphatic carbocycles. The van der Waals surface area contributed by atoms with Crippen molar-refractivity contribution >= 4 is 0 Å². The van der Waals surface area contributed by atoms with Crippen LogP contribution in [-0.2, 0) is 0 Å². The molecule has 0 unspecified atom stereocenters. The molecule has 2 aliphatic rings. The van der Waals surface area contributed by atoms with Crippen LogP contribution in [0.5, 0.6) is 0 Å². The van der Waals surface area contributed by atoms with Crippen LogP contribution in [0.2, 0.25) is 0 Å². The summed E-state index contributed by atoms with van der Waals surface area (Å²) in [7, 11) is 0. The fourth-order valence-electron chi connectivity index (χ4n) is 3.53. The van der Waals surface area contributed by atoms with E-state index in [1.807, 2.05) is 0 Å². The van der Waals surface area contributed by atoms with Crippen LogP contribution in [0, 0.1) is 11.8 Å². The topological polar surface area (TPSA) is 3.24 Å². The van der Waals surface area contributed by atoms with Gasteiger partial charge in [-0.1, -0.05) is 39.5 Å². The molecule has 0 saturated heterocycles. The number of unbranched alkanes of at least 4 members (excludes halogenated alkanes) is 1. The van der Waals surface area contributed by atoms with Crippen LogP contribution in [0.3, 0.4) is 0 Å². The lowest BCUT2D eigenvalue weighted by molar-refractivity contribution is 0.137. The Balaban J connectivity index is 1.64. The molecule has 0 aromatic rings. The summed E-state index contributed by atoms with van der Waals surface area (Å²) in [6, 6.07) is 0.919. The Labute approximate surface area is 114 Å². The van der Waals surface area contributed by atoms with E-state index in [0.29, 0.717) is 0 Å². The maximum absolute atomic E-state index is 2.82. The number of nitrogens with zero attached hydrogens (tertiary/aromatic N) is 1. The van der Waals surface area contributed by atoms with E-state index in [-0.39, 0.29) is 0 Å². The lowest BCUT2D eigenvalue weighted by atomic mass is 9.86. The van der Waals surface area contributed by atoms with Crippen molar-refractivity contribution < 1.29 is 0 Å². The molecule has 0 atom stereocenters. The van der Waals surface area contributed by atoms with Gasteiger partial charge in [0.25, 0.3) is 0 Å². The van der Waals surface area contributed by atoms with Crippen LogP contribution in [0.1, 0.15) is 78.1 Å². The highest BCUT2D eigenvalue weighted by molar-refractivity contribution is 4.79. The van der Waals surface area contributed by atoms with Gasteiger partial charge >= 0.3 is 0 Å². The Morgan fingerprint density at radius 1 is 0.889 bits per heavy atom. The molecule has 106 valence electrons. The monoisotopic (exact) mass is 251 g/mol. The lowest BCUT2D eigenvalue weighted by Gasteiger charge is -2.36. The van der Waals surface area contributed by atoms with Crippen molar-refractivity contribution in [1.29, 1.82) is 0 Å². The predicted molar refractivity (Wildman–Crippen MR) is 79.9 cm³/mol. The Bertz CT molecular complexity index is 214. The molecule has 0 aromatic heterocycles. The van der Waals surface area contributed by atoms with E-state index >= 15 is 0 Å². The number of rotatable bonds is 8. The SMILES string of the molecule is CCCN(CCCCC1CC1)[C@H]1CC[C@H](C)CC1.